The van der Waals surface area contributed by atoms with Gasteiger partial charge in [-0.1, -0.05) is 0 Å². The Labute approximate surface area is 183 Å². The molecule has 0 aromatic heterocycles. The normalized spacial score (nSPS) is 14.1. The molecule has 0 saturated heterocycles. The zero-order chi connectivity index (χ0) is 23.0. The van der Waals surface area contributed by atoms with E-state index in [1.807, 2.05) is 13.8 Å². The molecule has 0 saturated carbocycles. The van der Waals surface area contributed by atoms with E-state index in [9.17, 15) is 23.3 Å². The number of hydrogen-bond donors (Lipinski definition) is 3. The van der Waals surface area contributed by atoms with Crippen molar-refractivity contribution >= 4 is 29.0 Å². The Kier molecular flexibility index (Phi) is 8.91. The Balaban J connectivity index is 2.29. The van der Waals surface area contributed by atoms with Crippen molar-refractivity contribution in [2.24, 2.45) is 10.9 Å². The average Bonchev–Trinajstić information content (AvgIpc) is 2.72. The molecule has 0 amide bonds. The van der Waals surface area contributed by atoms with Crippen molar-refractivity contribution in [2.75, 3.05) is 18.8 Å². The Morgan fingerprint density at radius 1 is 1.10 bits per heavy atom. The molecule has 0 fully saturated rings. The van der Waals surface area contributed by atoms with Gasteiger partial charge < -0.3 is 0 Å². The first-order valence-electron chi connectivity index (χ1n) is 9.92. The van der Waals surface area contributed by atoms with Gasteiger partial charge in [0.1, 0.15) is 0 Å². The van der Waals surface area contributed by atoms with Crippen molar-refractivity contribution in [2.45, 2.75) is 37.3 Å². The molecular formula is C21H28BN3O5S. The number of aliphatic hydroxyl groups is 1. The molecule has 2 aromatic carbocycles. The van der Waals surface area contributed by atoms with Crippen LogP contribution in [0.25, 0.3) is 0 Å². The number of sulfonamides is 1. The minimum atomic E-state index is -3.88. The molecule has 0 heterocycles. The standard InChI is InChI=1S/C21H28BN3O5S/c1-15(2)12-25(31(29,30)19-9-5-17(23)6-10-19)13-21(27)20(24-14-22-28)11-16-3-7-18(26)8-4-16/h3-10,14-15,20-21,26-27H,11-13,23H2,1-2H3/t20-,21?/m0/s1. The van der Waals surface area contributed by atoms with Crippen LogP contribution in [0, 0.1) is 5.92 Å². The zero-order valence-electron chi connectivity index (χ0n) is 17.6. The summed E-state index contributed by atoms with van der Waals surface area (Å²) in [5.41, 5.74) is 6.90. The molecule has 0 aliphatic heterocycles. The van der Waals surface area contributed by atoms with E-state index in [2.05, 4.69) is 4.99 Å². The number of phenolic OH excluding ortho intramolecular Hbond substituents is 1. The van der Waals surface area contributed by atoms with Gasteiger partial charge in [-0.2, -0.15) is 0 Å². The van der Waals surface area contributed by atoms with Crippen LogP contribution in [0.15, 0.2) is 58.4 Å². The summed E-state index contributed by atoms with van der Waals surface area (Å²) < 4.78 is 38.4. The second-order valence-electron chi connectivity index (χ2n) is 7.72. The summed E-state index contributed by atoms with van der Waals surface area (Å²) in [7, 11) is -3.37. The number of nitrogens with two attached hydrogens (primary N) is 1. The van der Waals surface area contributed by atoms with Crippen molar-refractivity contribution in [3.63, 3.8) is 0 Å². The Morgan fingerprint density at radius 3 is 2.26 bits per heavy atom. The van der Waals surface area contributed by atoms with Crippen LogP contribution in [-0.4, -0.2) is 61.4 Å². The van der Waals surface area contributed by atoms with Gasteiger partial charge in [0.2, 0.25) is 0 Å². The number of rotatable bonds is 11. The number of benzene rings is 2. The van der Waals surface area contributed by atoms with E-state index in [4.69, 9.17) is 5.73 Å². The number of nitrogen functional groups attached to an aromatic ring is 1. The third-order valence-electron chi connectivity index (χ3n) is 4.64. The Hall–Kier alpha value is -2.56. The van der Waals surface area contributed by atoms with Gasteiger partial charge in [-0.15, -0.1) is 0 Å². The molecule has 0 bridgehead atoms. The molecule has 0 aliphatic carbocycles. The van der Waals surface area contributed by atoms with Crippen LogP contribution in [-0.2, 0) is 21.1 Å². The van der Waals surface area contributed by atoms with E-state index < -0.39 is 22.2 Å². The van der Waals surface area contributed by atoms with Crippen molar-refractivity contribution in [1.82, 2.24) is 4.31 Å². The number of aliphatic imine (C=N–C) groups is 1. The van der Waals surface area contributed by atoms with Crippen molar-refractivity contribution in [1.29, 1.82) is 0 Å². The third kappa shape index (κ3) is 7.27. The first-order valence-corrected chi connectivity index (χ1v) is 11.4. The summed E-state index contributed by atoms with van der Waals surface area (Å²) in [6.07, 6.45) is 0.158. The first-order chi connectivity index (χ1) is 14.6. The number of nitrogens with zero attached hydrogens (tertiary/aromatic N) is 2. The van der Waals surface area contributed by atoms with E-state index in [-0.39, 0.29) is 36.1 Å². The monoisotopic (exact) mass is 445 g/mol. The van der Waals surface area contributed by atoms with Crippen molar-refractivity contribution < 1.29 is 23.3 Å². The molecular weight excluding hydrogens is 417 g/mol. The van der Waals surface area contributed by atoms with E-state index >= 15 is 0 Å². The molecule has 31 heavy (non-hydrogen) atoms. The van der Waals surface area contributed by atoms with Crippen LogP contribution in [0.1, 0.15) is 19.4 Å². The van der Waals surface area contributed by atoms with E-state index in [1.165, 1.54) is 40.7 Å². The molecule has 2 aromatic rings. The molecule has 1 unspecified atom stereocenters. The van der Waals surface area contributed by atoms with Crippen LogP contribution in [0.2, 0.25) is 0 Å². The summed E-state index contributed by atoms with van der Waals surface area (Å²) in [4.78, 5) is 4.20. The molecule has 2 rings (SSSR count). The molecule has 4 N–H and O–H groups in total. The van der Waals surface area contributed by atoms with Gasteiger partial charge in [-0.25, -0.2) is 0 Å². The summed E-state index contributed by atoms with van der Waals surface area (Å²) in [6.45, 7) is 3.78. The molecule has 2 atom stereocenters. The predicted octanol–water partition coefficient (Wildman–Crippen LogP) is 1.67. The quantitative estimate of drug-likeness (QED) is 0.274. The van der Waals surface area contributed by atoms with Crippen LogP contribution in [0.3, 0.4) is 0 Å². The first kappa shape index (κ1) is 24.7. The number of aliphatic hydroxyl groups excluding tert-OH is 1. The van der Waals surface area contributed by atoms with Gasteiger partial charge in [-0.05, 0) is 0 Å². The van der Waals surface area contributed by atoms with Crippen LogP contribution in [0.5, 0.6) is 5.75 Å². The van der Waals surface area contributed by atoms with Gasteiger partial charge in [0.25, 0.3) is 0 Å². The molecule has 10 heteroatoms. The number of phenols is 1. The van der Waals surface area contributed by atoms with E-state index in [1.54, 1.807) is 12.1 Å². The summed E-state index contributed by atoms with van der Waals surface area (Å²) in [5, 5.41) is 20.3. The van der Waals surface area contributed by atoms with Crippen LogP contribution in [0.4, 0.5) is 5.69 Å². The van der Waals surface area contributed by atoms with E-state index in [0.29, 0.717) is 12.8 Å². The fourth-order valence-electron chi connectivity index (χ4n) is 3.10. The summed E-state index contributed by atoms with van der Waals surface area (Å²) in [6, 6.07) is 11.5. The number of aromatic hydroxyl groups is 1. The number of hydrogen-bond acceptors (Lipinski definition) is 7. The average molecular weight is 445 g/mol. The Bertz CT molecular complexity index is 979. The van der Waals surface area contributed by atoms with Gasteiger partial charge in [-0.3, -0.25) is 0 Å². The molecule has 0 radical (unpaired) electrons. The summed E-state index contributed by atoms with van der Waals surface area (Å²) >= 11 is 0. The second kappa shape index (κ2) is 11.2. The molecule has 8 nitrogen and oxygen atoms in total. The third-order valence-corrected chi connectivity index (χ3v) is 6.49. The molecule has 0 aliphatic rings. The minimum absolute atomic E-state index is 0.0183. The van der Waals surface area contributed by atoms with Gasteiger partial charge in [0.15, 0.2) is 0 Å². The fourth-order valence-corrected chi connectivity index (χ4v) is 4.73. The van der Waals surface area contributed by atoms with E-state index in [0.717, 1.165) is 11.7 Å². The van der Waals surface area contributed by atoms with Crippen molar-refractivity contribution in [3.8, 4) is 5.75 Å². The molecule has 166 valence electrons. The predicted molar refractivity (Wildman–Crippen MR) is 121 cm³/mol. The van der Waals surface area contributed by atoms with Crippen molar-refractivity contribution in [3.05, 3.63) is 54.1 Å². The van der Waals surface area contributed by atoms with Crippen LogP contribution < -0.4 is 5.73 Å². The topological polar surface area (TPSA) is 133 Å². The maximum absolute atomic E-state index is 13.2. The number of anilines is 1. The fraction of sp³-hybridized carbons (Fsp3) is 0.381. The summed E-state index contributed by atoms with van der Waals surface area (Å²) in [5.74, 6) is 0.125. The maximum atomic E-state index is 13.2. The molecule has 0 spiro atoms. The van der Waals surface area contributed by atoms with Gasteiger partial charge in [0, 0.05) is 0 Å². The van der Waals surface area contributed by atoms with Gasteiger partial charge in [0.05, 0.1) is 0 Å². The zero-order valence-corrected chi connectivity index (χ0v) is 18.4. The second-order valence-corrected chi connectivity index (χ2v) is 9.66. The van der Waals surface area contributed by atoms with Crippen LogP contribution >= 0.6 is 0 Å². The SMILES string of the molecule is CC(C)CN(CC(O)[C@H](Cc1ccc(O)cc1)N=CB=O)S(=O)(=O)c1ccc(N)cc1. The Morgan fingerprint density at radius 2 is 1.71 bits per heavy atom. The van der Waals surface area contributed by atoms with Gasteiger partial charge >= 0.3 is 184 Å².